The molecule has 1 unspecified atom stereocenters. The third-order valence-electron chi connectivity index (χ3n) is 5.17. The number of allylic oxidation sites excluding steroid dienone is 1. The highest BCUT2D eigenvalue weighted by molar-refractivity contribution is 6.36. The van der Waals surface area contributed by atoms with Gasteiger partial charge in [0.1, 0.15) is 11.6 Å². The van der Waals surface area contributed by atoms with Gasteiger partial charge in [-0.05, 0) is 30.9 Å². The van der Waals surface area contributed by atoms with Gasteiger partial charge in [0.2, 0.25) is 0 Å². The van der Waals surface area contributed by atoms with Gasteiger partial charge in [0.25, 0.3) is 0 Å². The zero-order valence-electron chi connectivity index (χ0n) is 14.1. The first-order valence-corrected chi connectivity index (χ1v) is 9.12. The normalized spacial score (nSPS) is 22.3. The number of anilines is 2. The second-order valence-corrected chi connectivity index (χ2v) is 7.47. The minimum Gasteiger partial charge on any atom is -0.449 e. The summed E-state index contributed by atoms with van der Waals surface area (Å²) < 4.78 is 19.7. The zero-order chi connectivity index (χ0) is 18.4. The maximum atomic E-state index is 14.9. The van der Waals surface area contributed by atoms with Crippen molar-refractivity contribution in [3.63, 3.8) is 0 Å². The zero-order valence-corrected chi connectivity index (χ0v) is 14.9. The van der Waals surface area contributed by atoms with E-state index in [4.69, 9.17) is 21.4 Å². The first-order valence-electron chi connectivity index (χ1n) is 8.74. The van der Waals surface area contributed by atoms with Gasteiger partial charge < -0.3 is 24.7 Å². The van der Waals surface area contributed by atoms with Crippen LogP contribution in [0.5, 0.6) is 0 Å². The average molecular weight is 383 g/mol. The van der Waals surface area contributed by atoms with Crippen molar-refractivity contribution in [2.24, 2.45) is 5.92 Å². The molecule has 1 saturated heterocycles. The number of benzene rings is 1. The molecule has 1 atom stereocenters. The molecular weight excluding hydrogens is 363 g/mol. The van der Waals surface area contributed by atoms with E-state index < -0.39 is 12.0 Å². The van der Waals surface area contributed by atoms with E-state index in [1.54, 1.807) is 6.20 Å². The summed E-state index contributed by atoms with van der Waals surface area (Å²) >= 11 is 6.65. The van der Waals surface area contributed by atoms with Gasteiger partial charge in [0, 0.05) is 44.3 Å². The van der Waals surface area contributed by atoms with E-state index >= 15 is 0 Å². The standard InChI is InChI=1S/C18H20ClFN2O4/c19-15-16-11(5-13(26-18(24)25)8-22(16)12-1-2-12)6-14(20)17(15)21-4-3-10(7-21)9-23/h6,8,10,12,23H,1-5,7,9H2,(H,24,25). The van der Waals surface area contributed by atoms with Crippen molar-refractivity contribution >= 4 is 29.1 Å². The van der Waals surface area contributed by atoms with E-state index in [1.165, 1.54) is 6.07 Å². The number of hydrogen-bond donors (Lipinski definition) is 2. The molecule has 8 heteroatoms. The van der Waals surface area contributed by atoms with Gasteiger partial charge in [0.15, 0.2) is 0 Å². The van der Waals surface area contributed by atoms with Crippen LogP contribution < -0.4 is 9.80 Å². The summed E-state index contributed by atoms with van der Waals surface area (Å²) in [5.74, 6) is -0.0437. The Kier molecular flexibility index (Phi) is 4.44. The molecule has 6 nitrogen and oxygen atoms in total. The lowest BCUT2D eigenvalue weighted by atomic mass is 10.0. The Balaban J connectivity index is 1.73. The third-order valence-corrected chi connectivity index (χ3v) is 5.53. The summed E-state index contributed by atoms with van der Waals surface area (Å²) in [6, 6.07) is 1.65. The number of halogens is 2. The average Bonchev–Trinajstić information content (AvgIpc) is 3.32. The van der Waals surface area contributed by atoms with Crippen LogP contribution in [0, 0.1) is 11.7 Å². The number of nitrogens with zero attached hydrogens (tertiary/aromatic N) is 2. The minimum absolute atomic E-state index is 0.0769. The number of aliphatic hydroxyl groups is 1. The van der Waals surface area contributed by atoms with E-state index in [0.29, 0.717) is 29.4 Å². The molecule has 2 aliphatic heterocycles. The fraction of sp³-hybridized carbons (Fsp3) is 0.500. The molecule has 4 rings (SSSR count). The van der Waals surface area contributed by atoms with Gasteiger partial charge in [-0.25, -0.2) is 9.18 Å². The van der Waals surface area contributed by atoms with E-state index in [0.717, 1.165) is 24.9 Å². The Morgan fingerprint density at radius 1 is 1.35 bits per heavy atom. The van der Waals surface area contributed by atoms with Gasteiger partial charge in [-0.3, -0.25) is 0 Å². The van der Waals surface area contributed by atoms with Crippen LogP contribution in [0.15, 0.2) is 18.0 Å². The summed E-state index contributed by atoms with van der Waals surface area (Å²) in [6.45, 7) is 1.29. The van der Waals surface area contributed by atoms with Crippen LogP contribution in [0.1, 0.15) is 24.8 Å². The second-order valence-electron chi connectivity index (χ2n) is 7.09. The van der Waals surface area contributed by atoms with Gasteiger partial charge >= 0.3 is 6.16 Å². The number of hydrogen-bond acceptors (Lipinski definition) is 5. The van der Waals surface area contributed by atoms with Crippen molar-refractivity contribution in [2.45, 2.75) is 31.7 Å². The van der Waals surface area contributed by atoms with Crippen molar-refractivity contribution in [2.75, 3.05) is 29.5 Å². The monoisotopic (exact) mass is 382 g/mol. The van der Waals surface area contributed by atoms with Crippen LogP contribution in [-0.2, 0) is 11.2 Å². The number of aliphatic hydroxyl groups excluding tert-OH is 1. The quantitative estimate of drug-likeness (QED) is 0.778. The van der Waals surface area contributed by atoms with E-state index in [2.05, 4.69) is 0 Å². The summed E-state index contributed by atoms with van der Waals surface area (Å²) in [4.78, 5) is 14.7. The number of rotatable bonds is 4. The number of carboxylic acid groups (broad SMARTS) is 1. The topological polar surface area (TPSA) is 73.2 Å². The lowest BCUT2D eigenvalue weighted by Crippen LogP contribution is -2.28. The maximum Gasteiger partial charge on any atom is 0.511 e. The van der Waals surface area contributed by atoms with E-state index in [9.17, 15) is 14.3 Å². The molecule has 2 N–H and O–H groups in total. The Morgan fingerprint density at radius 2 is 2.12 bits per heavy atom. The van der Waals surface area contributed by atoms with Crippen LogP contribution in [0.3, 0.4) is 0 Å². The Hall–Kier alpha value is -1.99. The maximum absolute atomic E-state index is 14.9. The molecule has 1 saturated carbocycles. The molecule has 2 fully saturated rings. The Bertz CT molecular complexity index is 781. The van der Waals surface area contributed by atoms with Gasteiger partial charge in [0.05, 0.1) is 16.4 Å². The minimum atomic E-state index is -1.38. The molecule has 3 aliphatic rings. The van der Waals surface area contributed by atoms with Gasteiger partial charge in [-0.1, -0.05) is 11.6 Å². The molecule has 1 aromatic rings. The molecule has 0 spiro atoms. The fourth-order valence-corrected chi connectivity index (χ4v) is 4.23. The smallest absolute Gasteiger partial charge is 0.449 e. The van der Waals surface area contributed by atoms with E-state index in [-0.39, 0.29) is 30.7 Å². The van der Waals surface area contributed by atoms with Crippen LogP contribution in [0.25, 0.3) is 0 Å². The predicted molar refractivity (Wildman–Crippen MR) is 95.2 cm³/mol. The Labute approximate surface area is 155 Å². The summed E-state index contributed by atoms with van der Waals surface area (Å²) in [7, 11) is 0. The lowest BCUT2D eigenvalue weighted by molar-refractivity contribution is 0.116. The number of ether oxygens (including phenoxy) is 1. The lowest BCUT2D eigenvalue weighted by Gasteiger charge is -2.32. The van der Waals surface area contributed by atoms with Crippen LogP contribution >= 0.6 is 11.6 Å². The molecule has 0 radical (unpaired) electrons. The second kappa shape index (κ2) is 6.63. The molecule has 1 aromatic carbocycles. The largest absolute Gasteiger partial charge is 0.511 e. The molecule has 2 heterocycles. The SMILES string of the molecule is O=C(O)OC1=CN(C2CC2)c2c(cc(F)c(N3CCC(CO)C3)c2Cl)C1. The van der Waals surface area contributed by atoms with Crippen molar-refractivity contribution in [3.8, 4) is 0 Å². The molecule has 140 valence electrons. The molecule has 0 bridgehead atoms. The summed E-state index contributed by atoms with van der Waals surface area (Å²) in [6.07, 6.45) is 3.20. The van der Waals surface area contributed by atoms with Crippen molar-refractivity contribution < 1.29 is 24.1 Å². The van der Waals surface area contributed by atoms with Crippen LogP contribution in [-0.4, -0.2) is 42.1 Å². The van der Waals surface area contributed by atoms with Crippen molar-refractivity contribution in [1.82, 2.24) is 0 Å². The van der Waals surface area contributed by atoms with Crippen molar-refractivity contribution in [3.05, 3.63) is 34.4 Å². The highest BCUT2D eigenvalue weighted by Crippen LogP contribution is 2.47. The molecule has 0 aromatic heterocycles. The Morgan fingerprint density at radius 3 is 2.73 bits per heavy atom. The van der Waals surface area contributed by atoms with Gasteiger partial charge in [-0.2, -0.15) is 0 Å². The first kappa shape index (κ1) is 17.4. The molecule has 1 aliphatic carbocycles. The fourth-order valence-electron chi connectivity index (χ4n) is 3.80. The number of carbonyl (C=O) groups is 1. The summed E-state index contributed by atoms with van der Waals surface area (Å²) in [5.41, 5.74) is 1.72. The van der Waals surface area contributed by atoms with Crippen LogP contribution in [0.4, 0.5) is 20.6 Å². The number of fused-ring (bicyclic) bond motifs is 1. The first-order chi connectivity index (χ1) is 12.5. The highest BCUT2D eigenvalue weighted by Gasteiger charge is 2.37. The van der Waals surface area contributed by atoms with Gasteiger partial charge in [-0.15, -0.1) is 0 Å². The highest BCUT2D eigenvalue weighted by atomic mass is 35.5. The molecule has 0 amide bonds. The summed E-state index contributed by atoms with van der Waals surface area (Å²) in [5, 5.41) is 18.6. The third kappa shape index (κ3) is 3.10. The molecule has 26 heavy (non-hydrogen) atoms. The van der Waals surface area contributed by atoms with Crippen LogP contribution in [0.2, 0.25) is 5.02 Å². The molecular formula is C18H20ClFN2O4. The van der Waals surface area contributed by atoms with E-state index in [1.807, 2.05) is 9.80 Å². The predicted octanol–water partition coefficient (Wildman–Crippen LogP) is 3.36. The van der Waals surface area contributed by atoms with Crippen molar-refractivity contribution in [1.29, 1.82) is 0 Å².